The lowest BCUT2D eigenvalue weighted by atomic mass is 9.99. The monoisotopic (exact) mass is 505 g/mol. The summed E-state index contributed by atoms with van der Waals surface area (Å²) in [6.45, 7) is 1.47. The van der Waals surface area contributed by atoms with Crippen molar-refractivity contribution in [3.63, 3.8) is 0 Å². The van der Waals surface area contributed by atoms with Gasteiger partial charge in [0.15, 0.2) is 0 Å². The lowest BCUT2D eigenvalue weighted by Gasteiger charge is -2.36. The lowest BCUT2D eigenvalue weighted by Crippen LogP contribution is -2.70. The molecule has 0 aliphatic rings. The van der Waals surface area contributed by atoms with E-state index in [1.807, 2.05) is 22.6 Å². The second-order valence-corrected chi connectivity index (χ2v) is 7.66. The Labute approximate surface area is 151 Å². The van der Waals surface area contributed by atoms with Crippen molar-refractivity contribution in [2.45, 2.75) is 24.8 Å². The van der Waals surface area contributed by atoms with E-state index < -0.39 is 45.2 Å². The number of aryl methyl sites for hydroxylation is 1. The molecule has 1 aromatic carbocycles. The largest absolute Gasteiger partial charge is 0.421 e. The highest BCUT2D eigenvalue weighted by Gasteiger charge is 2.73. The van der Waals surface area contributed by atoms with Gasteiger partial charge < -0.3 is 5.32 Å². The van der Waals surface area contributed by atoms with E-state index in [9.17, 15) is 39.6 Å². The number of carbonyl (C=O) groups excluding carboxylic acids is 1. The molecule has 2 N–H and O–H groups in total. The van der Waals surface area contributed by atoms with Crippen LogP contribution in [0.15, 0.2) is 18.2 Å². The fourth-order valence-corrected chi connectivity index (χ4v) is 3.11. The molecule has 0 spiro atoms. The summed E-state index contributed by atoms with van der Waals surface area (Å²) in [5.74, 6) is -4.60. The van der Waals surface area contributed by atoms with Gasteiger partial charge in [0.25, 0.3) is 16.0 Å². The van der Waals surface area contributed by atoms with Gasteiger partial charge in [-0.25, -0.2) is 0 Å². The summed E-state index contributed by atoms with van der Waals surface area (Å²) in [5.41, 5.74) is -5.29. The molecule has 0 bridgehead atoms. The van der Waals surface area contributed by atoms with E-state index >= 15 is 0 Å². The topological polar surface area (TPSA) is 83.5 Å². The van der Waals surface area contributed by atoms with Gasteiger partial charge >= 0.3 is 12.4 Å². The van der Waals surface area contributed by atoms with Crippen LogP contribution >= 0.6 is 22.6 Å². The highest BCUT2D eigenvalue weighted by atomic mass is 127. The summed E-state index contributed by atoms with van der Waals surface area (Å²) in [7, 11) is -5.75. The standard InChI is InChI=1S/C12H10F6INO4S/c1-6-4-7(2-3-8(6)19)9(21)20-10(11(13,14)15,12(16,17)18)5-25(22,23)24/h2-4H,5H2,1H3,(H,20,21)(H,22,23,24). The van der Waals surface area contributed by atoms with Gasteiger partial charge in [0, 0.05) is 9.13 Å². The maximum atomic E-state index is 13.1. The molecule has 0 aromatic heterocycles. The summed E-state index contributed by atoms with van der Waals surface area (Å²) in [5, 5.41) is 0.699. The van der Waals surface area contributed by atoms with Crippen LogP contribution < -0.4 is 5.32 Å². The molecule has 0 unspecified atom stereocenters. The van der Waals surface area contributed by atoms with Crippen LogP contribution in [0.2, 0.25) is 0 Å². The van der Waals surface area contributed by atoms with E-state index in [-0.39, 0.29) is 0 Å². The number of carbonyl (C=O) groups is 1. The molecule has 0 saturated carbocycles. The van der Waals surface area contributed by atoms with Crippen LogP contribution in [0.1, 0.15) is 15.9 Å². The summed E-state index contributed by atoms with van der Waals surface area (Å²) < 4.78 is 109. The second kappa shape index (κ2) is 6.90. The van der Waals surface area contributed by atoms with Crippen LogP contribution in [-0.2, 0) is 10.1 Å². The molecule has 1 amide bonds. The molecule has 0 fully saturated rings. The number of hydrogen-bond acceptors (Lipinski definition) is 3. The number of nitrogens with one attached hydrogen (secondary N) is 1. The van der Waals surface area contributed by atoms with Crippen molar-refractivity contribution >= 4 is 38.6 Å². The Morgan fingerprint density at radius 3 is 2.00 bits per heavy atom. The fourth-order valence-electron chi connectivity index (χ4n) is 1.83. The quantitative estimate of drug-likeness (QED) is 0.375. The van der Waals surface area contributed by atoms with Crippen molar-refractivity contribution in [1.29, 1.82) is 0 Å². The highest BCUT2D eigenvalue weighted by Crippen LogP contribution is 2.44. The number of benzene rings is 1. The molecule has 1 rings (SSSR count). The first-order valence-corrected chi connectivity index (χ1v) is 8.86. The Bertz CT molecular complexity index is 761. The van der Waals surface area contributed by atoms with Crippen LogP contribution in [0.25, 0.3) is 0 Å². The molecule has 0 saturated heterocycles. The maximum Gasteiger partial charge on any atom is 0.421 e. The third kappa shape index (κ3) is 4.97. The predicted octanol–water partition coefficient (Wildman–Crippen LogP) is 3.08. The zero-order valence-corrected chi connectivity index (χ0v) is 15.1. The number of alkyl halides is 6. The first-order valence-electron chi connectivity index (χ1n) is 6.17. The average molecular weight is 505 g/mol. The molecule has 13 heteroatoms. The van der Waals surface area contributed by atoms with Crippen molar-refractivity contribution in [1.82, 2.24) is 5.32 Å². The van der Waals surface area contributed by atoms with Gasteiger partial charge in [-0.3, -0.25) is 9.35 Å². The van der Waals surface area contributed by atoms with Crippen LogP contribution in [0, 0.1) is 10.5 Å². The normalized spacial score (nSPS) is 13.6. The van der Waals surface area contributed by atoms with Crippen molar-refractivity contribution in [3.8, 4) is 0 Å². The predicted molar refractivity (Wildman–Crippen MR) is 82.6 cm³/mol. The Morgan fingerprint density at radius 2 is 1.64 bits per heavy atom. The van der Waals surface area contributed by atoms with Crippen LogP contribution in [0.3, 0.4) is 0 Å². The Morgan fingerprint density at radius 1 is 1.16 bits per heavy atom. The van der Waals surface area contributed by atoms with E-state index in [0.717, 1.165) is 12.1 Å². The number of halogens is 7. The zero-order valence-electron chi connectivity index (χ0n) is 12.2. The third-order valence-electron chi connectivity index (χ3n) is 3.11. The Kier molecular flexibility index (Phi) is 6.06. The molecule has 25 heavy (non-hydrogen) atoms. The minimum atomic E-state index is -6.24. The third-order valence-corrected chi connectivity index (χ3v) is 5.12. The first-order chi connectivity index (χ1) is 11.0. The zero-order chi connectivity index (χ0) is 19.8. The molecule has 5 nitrogen and oxygen atoms in total. The van der Waals surface area contributed by atoms with Crippen molar-refractivity contribution in [3.05, 3.63) is 32.9 Å². The minimum Gasteiger partial charge on any atom is -0.330 e. The lowest BCUT2D eigenvalue weighted by molar-refractivity contribution is -0.296. The smallest absolute Gasteiger partial charge is 0.330 e. The minimum absolute atomic E-state index is 0.410. The van der Waals surface area contributed by atoms with Crippen molar-refractivity contribution < 1.29 is 44.1 Å². The molecule has 0 heterocycles. The van der Waals surface area contributed by atoms with E-state index in [4.69, 9.17) is 4.55 Å². The molecule has 142 valence electrons. The van der Waals surface area contributed by atoms with Crippen molar-refractivity contribution in [2.75, 3.05) is 5.75 Å². The van der Waals surface area contributed by atoms with Gasteiger partial charge in [-0.05, 0) is 53.3 Å². The average Bonchev–Trinajstić information content (AvgIpc) is 2.36. The summed E-state index contributed by atoms with van der Waals surface area (Å²) in [4.78, 5) is 11.9. The Hall–Kier alpha value is -1.09. The van der Waals surface area contributed by atoms with Gasteiger partial charge in [0.05, 0.1) is 0 Å². The molecular weight excluding hydrogens is 495 g/mol. The second-order valence-electron chi connectivity index (χ2n) is 5.05. The molecule has 1 aromatic rings. The van der Waals surface area contributed by atoms with E-state index in [2.05, 4.69) is 0 Å². The molecule has 0 atom stereocenters. The van der Waals surface area contributed by atoms with E-state index in [1.54, 1.807) is 0 Å². The first kappa shape index (κ1) is 22.0. The summed E-state index contributed by atoms with van der Waals surface area (Å²) in [6.07, 6.45) is -12.5. The van der Waals surface area contributed by atoms with E-state index in [0.29, 0.717) is 14.5 Å². The van der Waals surface area contributed by atoms with Gasteiger partial charge in [0.1, 0.15) is 5.75 Å². The van der Waals surface area contributed by atoms with Crippen LogP contribution in [0.4, 0.5) is 26.3 Å². The number of hydrogen-bond donors (Lipinski definition) is 2. The fraction of sp³-hybridized carbons (Fsp3) is 0.417. The Balaban J connectivity index is 3.46. The van der Waals surface area contributed by atoms with E-state index in [1.165, 1.54) is 13.0 Å². The molecule has 0 aliphatic heterocycles. The number of rotatable bonds is 4. The molecule has 0 aliphatic carbocycles. The van der Waals surface area contributed by atoms with Gasteiger partial charge in [-0.1, -0.05) is 0 Å². The van der Waals surface area contributed by atoms with Crippen LogP contribution in [0.5, 0.6) is 0 Å². The SMILES string of the molecule is Cc1cc(C(=O)NC(CS(=O)(=O)O)(C(F)(F)F)C(F)(F)F)ccc1I. The number of amides is 1. The highest BCUT2D eigenvalue weighted by molar-refractivity contribution is 14.1. The molecule has 0 radical (unpaired) electrons. The summed E-state index contributed by atoms with van der Waals surface area (Å²) in [6, 6.07) is 3.31. The van der Waals surface area contributed by atoms with Crippen molar-refractivity contribution in [2.24, 2.45) is 0 Å². The molecular formula is C12H10F6INO4S. The van der Waals surface area contributed by atoms with Gasteiger partial charge in [-0.15, -0.1) is 0 Å². The maximum absolute atomic E-state index is 13.1. The van der Waals surface area contributed by atoms with Gasteiger partial charge in [0.2, 0.25) is 5.54 Å². The summed E-state index contributed by atoms with van der Waals surface area (Å²) >= 11 is 1.83. The van der Waals surface area contributed by atoms with Gasteiger partial charge in [-0.2, -0.15) is 34.8 Å². The van der Waals surface area contributed by atoms with Crippen LogP contribution in [-0.4, -0.2) is 42.5 Å².